The predicted octanol–water partition coefficient (Wildman–Crippen LogP) is 5.62. The summed E-state index contributed by atoms with van der Waals surface area (Å²) in [5.74, 6) is 0.867. The fourth-order valence-electron chi connectivity index (χ4n) is 4.02. The summed E-state index contributed by atoms with van der Waals surface area (Å²) in [4.78, 5) is 29.1. The van der Waals surface area contributed by atoms with Gasteiger partial charge in [0.2, 0.25) is 0 Å². The third kappa shape index (κ3) is 5.32. The van der Waals surface area contributed by atoms with E-state index < -0.39 is 0 Å². The number of halogens is 1. The topological polar surface area (TPSA) is 65.8 Å². The molecule has 1 atom stereocenters. The molecule has 3 amide bonds. The lowest BCUT2D eigenvalue weighted by Gasteiger charge is -2.33. The number of nitrogens with one attached hydrogen (secondary N) is 1. The van der Waals surface area contributed by atoms with Crippen LogP contribution >= 0.6 is 11.6 Å². The lowest BCUT2D eigenvalue weighted by molar-refractivity contribution is 0.0775. The van der Waals surface area contributed by atoms with Gasteiger partial charge in [-0.2, -0.15) is 0 Å². The Hall–Kier alpha value is -3.25. The molecule has 0 saturated carbocycles. The monoisotopic (exact) mass is 451 g/mol. The minimum Gasteiger partial charge on any atom is -0.467 e. The normalized spacial score (nSPS) is 15.9. The Morgan fingerprint density at radius 2 is 1.97 bits per heavy atom. The van der Waals surface area contributed by atoms with Crippen molar-refractivity contribution in [1.82, 2.24) is 9.80 Å². The number of hydrogen-bond donors (Lipinski definition) is 1. The number of likely N-dealkylation sites (tertiary alicyclic amines) is 1. The minimum absolute atomic E-state index is 0.0589. The van der Waals surface area contributed by atoms with Gasteiger partial charge in [0.15, 0.2) is 0 Å². The van der Waals surface area contributed by atoms with Crippen LogP contribution in [0.2, 0.25) is 5.02 Å². The second-order valence-corrected chi connectivity index (χ2v) is 8.52. The molecule has 1 aliphatic rings. The number of furan rings is 1. The predicted molar refractivity (Wildman–Crippen MR) is 125 cm³/mol. The van der Waals surface area contributed by atoms with Gasteiger partial charge in [-0.15, -0.1) is 0 Å². The molecule has 1 aliphatic heterocycles. The van der Waals surface area contributed by atoms with E-state index in [1.807, 2.05) is 41.3 Å². The molecule has 2 aromatic carbocycles. The summed E-state index contributed by atoms with van der Waals surface area (Å²) >= 11 is 5.92. The van der Waals surface area contributed by atoms with Crippen molar-refractivity contribution in [1.29, 1.82) is 0 Å². The minimum atomic E-state index is -0.123. The molecule has 1 fully saturated rings. The van der Waals surface area contributed by atoms with Crippen molar-refractivity contribution in [2.24, 2.45) is 0 Å². The summed E-state index contributed by atoms with van der Waals surface area (Å²) in [5, 5.41) is 3.56. The molecule has 4 rings (SSSR count). The Morgan fingerprint density at radius 3 is 2.72 bits per heavy atom. The smallest absolute Gasteiger partial charge is 0.321 e. The van der Waals surface area contributed by atoms with Crippen molar-refractivity contribution >= 4 is 29.2 Å². The van der Waals surface area contributed by atoms with Crippen molar-refractivity contribution in [3.05, 3.63) is 88.8 Å². The maximum atomic E-state index is 12.9. The Kier molecular flexibility index (Phi) is 6.81. The Morgan fingerprint density at radius 1 is 1.16 bits per heavy atom. The molecule has 0 spiro atoms. The number of urea groups is 1. The third-order valence-corrected chi connectivity index (χ3v) is 5.98. The highest BCUT2D eigenvalue weighted by molar-refractivity contribution is 6.30. The number of hydrogen-bond acceptors (Lipinski definition) is 3. The van der Waals surface area contributed by atoms with E-state index in [2.05, 4.69) is 5.32 Å². The summed E-state index contributed by atoms with van der Waals surface area (Å²) < 4.78 is 5.35. The lowest BCUT2D eigenvalue weighted by Crippen LogP contribution is -2.41. The van der Waals surface area contributed by atoms with Crippen molar-refractivity contribution in [2.75, 3.05) is 25.5 Å². The van der Waals surface area contributed by atoms with Crippen molar-refractivity contribution < 1.29 is 14.0 Å². The first-order chi connectivity index (χ1) is 15.5. The van der Waals surface area contributed by atoms with E-state index in [1.165, 1.54) is 0 Å². The van der Waals surface area contributed by atoms with Crippen molar-refractivity contribution in [3.8, 4) is 0 Å². The summed E-state index contributed by atoms with van der Waals surface area (Å²) in [5.41, 5.74) is 2.43. The van der Waals surface area contributed by atoms with Crippen LogP contribution in [0.5, 0.6) is 0 Å². The quantitative estimate of drug-likeness (QED) is 0.547. The molecule has 6 nitrogen and oxygen atoms in total. The Balaban J connectivity index is 1.41. The molecule has 166 valence electrons. The molecule has 1 aromatic heterocycles. The number of anilines is 1. The molecular formula is C25H26ClN3O3. The van der Waals surface area contributed by atoms with Crippen LogP contribution in [-0.2, 0) is 6.54 Å². The first-order valence-corrected chi connectivity index (χ1v) is 11.1. The number of nitrogens with zero attached hydrogens (tertiary/aromatic N) is 2. The highest BCUT2D eigenvalue weighted by Gasteiger charge is 2.25. The van der Waals surface area contributed by atoms with E-state index in [9.17, 15) is 9.59 Å². The summed E-state index contributed by atoms with van der Waals surface area (Å²) in [6.45, 7) is 1.73. The van der Waals surface area contributed by atoms with Gasteiger partial charge >= 0.3 is 6.03 Å². The molecule has 0 bridgehead atoms. The van der Waals surface area contributed by atoms with Crippen LogP contribution in [-0.4, -0.2) is 41.9 Å². The van der Waals surface area contributed by atoms with E-state index >= 15 is 0 Å². The first kappa shape index (κ1) is 22.0. The molecule has 0 aliphatic carbocycles. The van der Waals surface area contributed by atoms with Gasteiger partial charge in [0, 0.05) is 42.3 Å². The lowest BCUT2D eigenvalue weighted by atomic mass is 9.89. The fourth-order valence-corrected chi connectivity index (χ4v) is 4.15. The van der Waals surface area contributed by atoms with Gasteiger partial charge in [-0.05, 0) is 66.9 Å². The molecular weight excluding hydrogens is 426 g/mol. The second kappa shape index (κ2) is 9.92. The molecule has 1 N–H and O–H groups in total. The third-order valence-electron chi connectivity index (χ3n) is 5.73. The summed E-state index contributed by atoms with van der Waals surface area (Å²) in [6, 6.07) is 18.4. The van der Waals surface area contributed by atoms with Gasteiger partial charge in [-0.3, -0.25) is 4.79 Å². The van der Waals surface area contributed by atoms with Gasteiger partial charge < -0.3 is 19.5 Å². The number of benzene rings is 2. The van der Waals surface area contributed by atoms with E-state index in [0.29, 0.717) is 35.9 Å². The zero-order chi connectivity index (χ0) is 22.5. The second-order valence-electron chi connectivity index (χ2n) is 8.09. The Labute approximate surface area is 192 Å². The van der Waals surface area contributed by atoms with Crippen LogP contribution < -0.4 is 5.32 Å². The van der Waals surface area contributed by atoms with Crippen LogP contribution in [0.15, 0.2) is 71.3 Å². The van der Waals surface area contributed by atoms with Crippen LogP contribution in [0.1, 0.15) is 40.4 Å². The molecule has 2 heterocycles. The van der Waals surface area contributed by atoms with Gasteiger partial charge in [0.25, 0.3) is 5.91 Å². The van der Waals surface area contributed by atoms with Crippen LogP contribution in [0.25, 0.3) is 0 Å². The molecule has 7 heteroatoms. The van der Waals surface area contributed by atoms with Crippen LogP contribution in [0, 0.1) is 0 Å². The van der Waals surface area contributed by atoms with Gasteiger partial charge in [0.05, 0.1) is 12.8 Å². The maximum Gasteiger partial charge on any atom is 0.321 e. The summed E-state index contributed by atoms with van der Waals surface area (Å²) in [7, 11) is 1.76. The molecule has 3 aromatic rings. The molecule has 32 heavy (non-hydrogen) atoms. The van der Waals surface area contributed by atoms with Gasteiger partial charge in [-0.1, -0.05) is 23.7 Å². The number of piperidine rings is 1. The zero-order valence-corrected chi connectivity index (χ0v) is 18.7. The number of carbonyl (C=O) groups excluding carboxylic acids is 2. The maximum absolute atomic E-state index is 12.9. The van der Waals surface area contributed by atoms with Crippen molar-refractivity contribution in [3.63, 3.8) is 0 Å². The van der Waals surface area contributed by atoms with Crippen molar-refractivity contribution in [2.45, 2.75) is 25.3 Å². The first-order valence-electron chi connectivity index (χ1n) is 10.7. The molecule has 1 saturated heterocycles. The van der Waals surface area contributed by atoms with E-state index in [0.717, 1.165) is 24.2 Å². The number of amides is 3. The number of carbonyl (C=O) groups is 2. The SMILES string of the molecule is CN(Cc1ccco1)C(=O)c1cccc([C@H]2CCCN(C(=O)Nc3ccc(Cl)cc3)C2)c1. The highest BCUT2D eigenvalue weighted by atomic mass is 35.5. The van der Waals surface area contributed by atoms with Gasteiger partial charge in [-0.25, -0.2) is 4.79 Å². The standard InChI is InChI=1S/C25H26ClN3O3/c1-28(17-23-8-4-14-32-23)24(30)19-6-2-5-18(15-19)20-7-3-13-29(16-20)25(31)27-22-11-9-21(26)10-12-22/h2,4-6,8-12,14-15,20H,3,7,13,16-17H2,1H3,(H,27,31)/t20-/m0/s1. The summed E-state index contributed by atoms with van der Waals surface area (Å²) in [6.07, 6.45) is 3.49. The Bertz CT molecular complexity index is 1070. The largest absolute Gasteiger partial charge is 0.467 e. The van der Waals surface area contributed by atoms with E-state index in [4.69, 9.17) is 16.0 Å². The zero-order valence-electron chi connectivity index (χ0n) is 18.0. The molecule has 0 radical (unpaired) electrons. The van der Waals surface area contributed by atoms with Crippen LogP contribution in [0.4, 0.5) is 10.5 Å². The van der Waals surface area contributed by atoms with E-state index in [1.54, 1.807) is 42.5 Å². The average Bonchev–Trinajstić information content (AvgIpc) is 3.33. The fraction of sp³-hybridized carbons (Fsp3) is 0.280. The highest BCUT2D eigenvalue weighted by Crippen LogP contribution is 2.28. The average molecular weight is 452 g/mol. The van der Waals surface area contributed by atoms with Gasteiger partial charge in [0.1, 0.15) is 5.76 Å². The van der Waals surface area contributed by atoms with E-state index in [-0.39, 0.29) is 17.9 Å². The van der Waals surface area contributed by atoms with Crippen LogP contribution in [0.3, 0.4) is 0 Å². The number of rotatable bonds is 5. The molecule has 0 unspecified atom stereocenters.